The molecule has 2 nitrogen and oxygen atoms in total. The minimum absolute atomic E-state index is 0.136. The Bertz CT molecular complexity index is 846. The van der Waals surface area contributed by atoms with Crippen molar-refractivity contribution in [1.29, 1.82) is 0 Å². The molecule has 0 radical (unpaired) electrons. The van der Waals surface area contributed by atoms with Gasteiger partial charge in [0.15, 0.2) is 0 Å². The highest BCUT2D eigenvalue weighted by Gasteiger charge is 2.39. The highest BCUT2D eigenvalue weighted by Crippen LogP contribution is 2.41. The van der Waals surface area contributed by atoms with Crippen LogP contribution >= 0.6 is 0 Å². The lowest BCUT2D eigenvalue weighted by Gasteiger charge is -2.41. The first-order valence-corrected chi connectivity index (χ1v) is 10.7. The molecule has 3 rings (SSSR count). The maximum Gasteiger partial charge on any atom is 0.416 e. The first-order valence-electron chi connectivity index (χ1n) is 10.7. The van der Waals surface area contributed by atoms with E-state index in [1.807, 2.05) is 37.3 Å². The molecule has 0 aliphatic heterocycles. The van der Waals surface area contributed by atoms with Crippen LogP contribution < -0.4 is 5.32 Å². The van der Waals surface area contributed by atoms with Crippen molar-refractivity contribution in [2.24, 2.45) is 0 Å². The standard InChI is InChI=1S/C24H27F6NO/c1-2-31-21-9-6-10-22(14-21,18-7-4-3-5-8-18)16-32-15-17-11-19(23(25,26)27)13-20(12-17)24(28,29)30/h3-5,7-8,11-13,21,31H,2,6,9-10,14-16H2,1H3. The van der Waals surface area contributed by atoms with Gasteiger partial charge in [-0.25, -0.2) is 0 Å². The molecule has 1 aliphatic carbocycles. The number of ether oxygens (including phenoxy) is 1. The fourth-order valence-corrected chi connectivity index (χ4v) is 4.56. The predicted octanol–water partition coefficient (Wildman–Crippen LogP) is 6.73. The Labute approximate surface area is 184 Å². The summed E-state index contributed by atoms with van der Waals surface area (Å²) < 4.78 is 84.6. The molecule has 0 saturated heterocycles. The molecular formula is C24H27F6NO. The van der Waals surface area contributed by atoms with Crippen LogP contribution in [0, 0.1) is 0 Å². The van der Waals surface area contributed by atoms with E-state index in [1.54, 1.807) is 0 Å². The Morgan fingerprint density at radius 2 is 1.59 bits per heavy atom. The molecular weight excluding hydrogens is 432 g/mol. The monoisotopic (exact) mass is 459 g/mol. The Morgan fingerprint density at radius 3 is 2.16 bits per heavy atom. The summed E-state index contributed by atoms with van der Waals surface area (Å²) in [4.78, 5) is 0. The van der Waals surface area contributed by atoms with Crippen LogP contribution in [-0.2, 0) is 29.1 Å². The van der Waals surface area contributed by atoms with Crippen molar-refractivity contribution >= 4 is 0 Å². The van der Waals surface area contributed by atoms with Gasteiger partial charge in [0, 0.05) is 11.5 Å². The highest BCUT2D eigenvalue weighted by molar-refractivity contribution is 5.33. The Hall–Kier alpha value is -2.06. The molecule has 0 heterocycles. The molecule has 32 heavy (non-hydrogen) atoms. The number of hydrogen-bond acceptors (Lipinski definition) is 2. The molecule has 2 aromatic carbocycles. The van der Waals surface area contributed by atoms with E-state index in [9.17, 15) is 26.3 Å². The van der Waals surface area contributed by atoms with Crippen molar-refractivity contribution in [2.75, 3.05) is 13.2 Å². The lowest BCUT2D eigenvalue weighted by atomic mass is 9.68. The van der Waals surface area contributed by atoms with E-state index in [0.717, 1.165) is 49.9 Å². The molecule has 176 valence electrons. The lowest BCUT2D eigenvalue weighted by molar-refractivity contribution is -0.143. The van der Waals surface area contributed by atoms with Crippen molar-refractivity contribution in [3.05, 3.63) is 70.8 Å². The largest absolute Gasteiger partial charge is 0.416 e. The van der Waals surface area contributed by atoms with Gasteiger partial charge in [-0.3, -0.25) is 0 Å². The zero-order chi connectivity index (χ0) is 23.4. The summed E-state index contributed by atoms with van der Waals surface area (Å²) >= 11 is 0. The second kappa shape index (κ2) is 9.83. The Kier molecular flexibility index (Phi) is 7.55. The lowest BCUT2D eigenvalue weighted by Crippen LogP contribution is -2.44. The maximum atomic E-state index is 13.1. The quantitative estimate of drug-likeness (QED) is 0.464. The molecule has 1 N–H and O–H groups in total. The fraction of sp³-hybridized carbons (Fsp3) is 0.500. The number of hydrogen-bond donors (Lipinski definition) is 1. The smallest absolute Gasteiger partial charge is 0.376 e. The molecule has 0 amide bonds. The SMILES string of the molecule is CCNC1CCCC(COCc2cc(C(F)(F)F)cc(C(F)(F)F)c2)(c2ccccc2)C1. The molecule has 0 bridgehead atoms. The summed E-state index contributed by atoms with van der Waals surface area (Å²) in [5, 5.41) is 3.46. The number of alkyl halides is 6. The molecule has 2 atom stereocenters. The van der Waals surface area contributed by atoms with Crippen LogP contribution in [-0.4, -0.2) is 19.2 Å². The summed E-state index contributed by atoms with van der Waals surface area (Å²) in [5.74, 6) is 0. The predicted molar refractivity (Wildman–Crippen MR) is 110 cm³/mol. The van der Waals surface area contributed by atoms with Crippen LogP contribution in [0.1, 0.15) is 54.9 Å². The van der Waals surface area contributed by atoms with Gasteiger partial charge in [0.1, 0.15) is 0 Å². The first-order chi connectivity index (χ1) is 15.0. The fourth-order valence-electron chi connectivity index (χ4n) is 4.56. The zero-order valence-electron chi connectivity index (χ0n) is 17.8. The van der Waals surface area contributed by atoms with Gasteiger partial charge < -0.3 is 10.1 Å². The molecule has 1 saturated carbocycles. The third-order valence-electron chi connectivity index (χ3n) is 6.02. The van der Waals surface area contributed by atoms with Crippen LogP contribution in [0.15, 0.2) is 48.5 Å². The number of halogens is 6. The average Bonchev–Trinajstić information content (AvgIpc) is 2.73. The summed E-state index contributed by atoms with van der Waals surface area (Å²) in [5.41, 5.74) is -2.07. The molecule has 8 heteroatoms. The molecule has 2 aromatic rings. The van der Waals surface area contributed by atoms with Crippen molar-refractivity contribution in [3.63, 3.8) is 0 Å². The minimum Gasteiger partial charge on any atom is -0.376 e. The van der Waals surface area contributed by atoms with E-state index < -0.39 is 23.5 Å². The molecule has 0 spiro atoms. The van der Waals surface area contributed by atoms with Crippen LogP contribution in [0.4, 0.5) is 26.3 Å². The topological polar surface area (TPSA) is 21.3 Å². The molecule has 1 fully saturated rings. The maximum absolute atomic E-state index is 13.1. The second-order valence-corrected chi connectivity index (χ2v) is 8.40. The van der Waals surface area contributed by atoms with Gasteiger partial charge in [-0.05, 0) is 55.1 Å². The Balaban J connectivity index is 1.82. The van der Waals surface area contributed by atoms with Gasteiger partial charge in [-0.1, -0.05) is 43.7 Å². The minimum atomic E-state index is -4.87. The summed E-state index contributed by atoms with van der Waals surface area (Å²) in [7, 11) is 0. The van der Waals surface area contributed by atoms with E-state index in [1.165, 1.54) is 0 Å². The Morgan fingerprint density at radius 1 is 0.969 bits per heavy atom. The van der Waals surface area contributed by atoms with E-state index in [-0.39, 0.29) is 36.3 Å². The van der Waals surface area contributed by atoms with Crippen molar-refractivity contribution < 1.29 is 31.1 Å². The third kappa shape index (κ3) is 6.04. The summed E-state index contributed by atoms with van der Waals surface area (Å²) in [6.45, 7) is 2.74. The van der Waals surface area contributed by atoms with E-state index in [4.69, 9.17) is 4.74 Å². The number of rotatable bonds is 7. The van der Waals surface area contributed by atoms with Gasteiger partial charge in [-0.2, -0.15) is 26.3 Å². The van der Waals surface area contributed by atoms with Gasteiger partial charge in [0.05, 0.1) is 24.3 Å². The summed E-state index contributed by atoms with van der Waals surface area (Å²) in [6.07, 6.45) is -6.13. The number of nitrogens with one attached hydrogen (secondary N) is 1. The van der Waals surface area contributed by atoms with Crippen molar-refractivity contribution in [3.8, 4) is 0 Å². The van der Waals surface area contributed by atoms with Gasteiger partial charge in [0.25, 0.3) is 0 Å². The van der Waals surface area contributed by atoms with Gasteiger partial charge in [-0.15, -0.1) is 0 Å². The highest BCUT2D eigenvalue weighted by atomic mass is 19.4. The van der Waals surface area contributed by atoms with E-state index in [0.29, 0.717) is 0 Å². The van der Waals surface area contributed by atoms with E-state index in [2.05, 4.69) is 5.32 Å². The van der Waals surface area contributed by atoms with Gasteiger partial charge >= 0.3 is 12.4 Å². The second-order valence-electron chi connectivity index (χ2n) is 8.40. The average molecular weight is 459 g/mol. The molecule has 0 aromatic heterocycles. The van der Waals surface area contributed by atoms with Crippen molar-refractivity contribution in [2.45, 2.75) is 63.0 Å². The van der Waals surface area contributed by atoms with Crippen LogP contribution in [0.3, 0.4) is 0 Å². The molecule has 1 aliphatic rings. The van der Waals surface area contributed by atoms with Crippen LogP contribution in [0.5, 0.6) is 0 Å². The van der Waals surface area contributed by atoms with Crippen LogP contribution in [0.25, 0.3) is 0 Å². The van der Waals surface area contributed by atoms with Crippen molar-refractivity contribution in [1.82, 2.24) is 5.32 Å². The third-order valence-corrected chi connectivity index (χ3v) is 6.02. The van der Waals surface area contributed by atoms with Gasteiger partial charge in [0.2, 0.25) is 0 Å². The summed E-state index contributed by atoms with van der Waals surface area (Å²) in [6, 6.07) is 11.6. The zero-order valence-corrected chi connectivity index (χ0v) is 17.8. The van der Waals surface area contributed by atoms with E-state index >= 15 is 0 Å². The first kappa shape index (κ1) is 24.6. The van der Waals surface area contributed by atoms with Crippen LogP contribution in [0.2, 0.25) is 0 Å². The molecule has 2 unspecified atom stereocenters. The normalized spacial score (nSPS) is 22.2. The number of benzene rings is 2.